The number of rotatable bonds is 2. The highest BCUT2D eigenvalue weighted by molar-refractivity contribution is 5.71. The fourth-order valence-corrected chi connectivity index (χ4v) is 1.96. The monoisotopic (exact) mass is 335 g/mol. The number of nitrogens with two attached hydrogens (primary N) is 2. The Kier molecular flexibility index (Phi) is 4.06. The van der Waals surface area contributed by atoms with E-state index >= 15 is 0 Å². The molecule has 0 saturated carbocycles. The normalized spacial score (nSPS) is 12.3. The molecule has 0 aliphatic rings. The van der Waals surface area contributed by atoms with Gasteiger partial charge in [-0.2, -0.15) is 26.3 Å². The van der Waals surface area contributed by atoms with Crippen molar-refractivity contribution < 1.29 is 26.3 Å². The van der Waals surface area contributed by atoms with Crippen LogP contribution in [0.5, 0.6) is 0 Å². The Bertz CT molecular complexity index is 660. The van der Waals surface area contributed by atoms with Crippen LogP contribution in [0.4, 0.5) is 49.1 Å². The molecule has 9 heteroatoms. The molecule has 0 radical (unpaired) electrons. The number of anilines is 4. The summed E-state index contributed by atoms with van der Waals surface area (Å²) in [7, 11) is 0. The summed E-state index contributed by atoms with van der Waals surface area (Å²) in [5.74, 6) is 0. The zero-order chi connectivity index (χ0) is 17.4. The van der Waals surface area contributed by atoms with E-state index in [1.807, 2.05) is 0 Å². The summed E-state index contributed by atoms with van der Waals surface area (Å²) in [6.45, 7) is 0. The summed E-state index contributed by atoms with van der Waals surface area (Å²) in [6.07, 6.45) is -9.55. The maximum Gasteiger partial charge on any atom is 0.418 e. The molecule has 0 aliphatic heterocycles. The fraction of sp³-hybridized carbons (Fsp3) is 0.143. The molecule has 0 saturated heterocycles. The maximum atomic E-state index is 13.0. The molecule has 0 unspecified atom stereocenters. The van der Waals surface area contributed by atoms with Gasteiger partial charge in [-0.15, -0.1) is 0 Å². The van der Waals surface area contributed by atoms with Crippen molar-refractivity contribution in [2.24, 2.45) is 0 Å². The van der Waals surface area contributed by atoms with Crippen LogP contribution in [-0.2, 0) is 12.4 Å². The number of nitrogens with one attached hydrogen (secondary N) is 1. The highest BCUT2D eigenvalue weighted by Gasteiger charge is 2.36. The summed E-state index contributed by atoms with van der Waals surface area (Å²) in [5, 5.41) is 2.16. The van der Waals surface area contributed by atoms with Gasteiger partial charge in [0.2, 0.25) is 0 Å². The van der Waals surface area contributed by atoms with E-state index in [-0.39, 0.29) is 11.4 Å². The Morgan fingerprint density at radius 2 is 1.00 bits per heavy atom. The first-order valence-electron chi connectivity index (χ1n) is 6.19. The third-order valence-electron chi connectivity index (χ3n) is 2.97. The lowest BCUT2D eigenvalue weighted by molar-refractivity contribution is -0.137. The average Bonchev–Trinajstić information content (AvgIpc) is 2.40. The van der Waals surface area contributed by atoms with Crippen molar-refractivity contribution >= 4 is 22.7 Å². The maximum absolute atomic E-state index is 13.0. The standard InChI is InChI=1S/C14H11F6N3/c15-13(16,17)9-5-7(21)1-3-11(9)23-12-4-2-8(22)6-10(12)14(18,19)20/h1-6,23H,21-22H2. The van der Waals surface area contributed by atoms with Crippen molar-refractivity contribution in [3.63, 3.8) is 0 Å². The minimum atomic E-state index is -4.77. The van der Waals surface area contributed by atoms with Gasteiger partial charge in [-0.05, 0) is 36.4 Å². The molecule has 0 aromatic heterocycles. The number of benzene rings is 2. The van der Waals surface area contributed by atoms with Gasteiger partial charge in [0.15, 0.2) is 0 Å². The Morgan fingerprint density at radius 3 is 1.30 bits per heavy atom. The SMILES string of the molecule is Nc1ccc(Nc2ccc(N)cc2C(F)(F)F)c(C(F)(F)F)c1. The Hall–Kier alpha value is -2.58. The first-order valence-corrected chi connectivity index (χ1v) is 6.19. The minimum absolute atomic E-state index is 0.156. The molecule has 2 rings (SSSR count). The first-order chi connectivity index (χ1) is 10.5. The van der Waals surface area contributed by atoms with Crippen LogP contribution in [-0.4, -0.2) is 0 Å². The smallest absolute Gasteiger partial charge is 0.399 e. The number of hydrogen-bond acceptors (Lipinski definition) is 3. The third kappa shape index (κ3) is 3.79. The molecule has 0 spiro atoms. The molecular formula is C14H11F6N3. The van der Waals surface area contributed by atoms with Crippen molar-refractivity contribution in [3.8, 4) is 0 Å². The van der Waals surface area contributed by atoms with Crippen molar-refractivity contribution in [2.75, 3.05) is 16.8 Å². The molecule has 0 aliphatic carbocycles. The van der Waals surface area contributed by atoms with E-state index in [0.29, 0.717) is 12.1 Å². The molecule has 0 amide bonds. The van der Waals surface area contributed by atoms with Crippen LogP contribution in [0, 0.1) is 0 Å². The van der Waals surface area contributed by atoms with Crippen LogP contribution in [0.2, 0.25) is 0 Å². The molecule has 5 N–H and O–H groups in total. The molecule has 3 nitrogen and oxygen atoms in total. The summed E-state index contributed by atoms with van der Waals surface area (Å²) in [5.41, 5.74) is 6.90. The minimum Gasteiger partial charge on any atom is -0.399 e. The van der Waals surface area contributed by atoms with Gasteiger partial charge in [-0.3, -0.25) is 0 Å². The second-order valence-electron chi connectivity index (χ2n) is 4.73. The van der Waals surface area contributed by atoms with Gasteiger partial charge in [0.05, 0.1) is 22.5 Å². The van der Waals surface area contributed by atoms with Gasteiger partial charge in [-0.1, -0.05) is 0 Å². The lowest BCUT2D eigenvalue weighted by Gasteiger charge is -2.18. The summed E-state index contributed by atoms with van der Waals surface area (Å²) >= 11 is 0. The van der Waals surface area contributed by atoms with Crippen molar-refractivity contribution in [2.45, 2.75) is 12.4 Å². The average molecular weight is 335 g/mol. The molecule has 124 valence electrons. The van der Waals surface area contributed by atoms with Gasteiger partial charge in [0, 0.05) is 11.4 Å². The molecule has 2 aromatic carbocycles. The van der Waals surface area contributed by atoms with E-state index in [9.17, 15) is 26.3 Å². The Morgan fingerprint density at radius 1 is 0.652 bits per heavy atom. The van der Waals surface area contributed by atoms with Crippen LogP contribution < -0.4 is 16.8 Å². The molecule has 0 atom stereocenters. The zero-order valence-corrected chi connectivity index (χ0v) is 11.4. The van der Waals surface area contributed by atoms with Gasteiger partial charge in [-0.25, -0.2) is 0 Å². The van der Waals surface area contributed by atoms with Crippen LogP contribution in [0.1, 0.15) is 11.1 Å². The molecule has 0 fully saturated rings. The van der Waals surface area contributed by atoms with E-state index in [2.05, 4.69) is 5.32 Å². The van der Waals surface area contributed by atoms with Gasteiger partial charge < -0.3 is 16.8 Å². The Balaban J connectivity index is 2.53. The molecule has 23 heavy (non-hydrogen) atoms. The van der Waals surface area contributed by atoms with Crippen LogP contribution >= 0.6 is 0 Å². The van der Waals surface area contributed by atoms with E-state index in [0.717, 1.165) is 24.3 Å². The lowest BCUT2D eigenvalue weighted by atomic mass is 10.1. The number of hydrogen-bond donors (Lipinski definition) is 3. The van der Waals surface area contributed by atoms with E-state index in [1.165, 1.54) is 0 Å². The predicted molar refractivity (Wildman–Crippen MR) is 75.0 cm³/mol. The second kappa shape index (κ2) is 5.56. The molecular weight excluding hydrogens is 324 g/mol. The quantitative estimate of drug-likeness (QED) is 0.554. The van der Waals surface area contributed by atoms with Crippen LogP contribution in [0.15, 0.2) is 36.4 Å². The summed E-state index contributed by atoms with van der Waals surface area (Å²) in [6, 6.07) is 5.54. The molecule has 2 aromatic rings. The Labute approximate surface area is 126 Å². The number of halogens is 6. The van der Waals surface area contributed by atoms with Gasteiger partial charge in [0.25, 0.3) is 0 Å². The van der Waals surface area contributed by atoms with E-state index < -0.39 is 34.9 Å². The van der Waals surface area contributed by atoms with E-state index in [4.69, 9.17) is 11.5 Å². The van der Waals surface area contributed by atoms with Crippen molar-refractivity contribution in [3.05, 3.63) is 47.5 Å². The largest absolute Gasteiger partial charge is 0.418 e. The summed E-state index contributed by atoms with van der Waals surface area (Å²) < 4.78 is 78.0. The highest BCUT2D eigenvalue weighted by Crippen LogP contribution is 2.41. The van der Waals surface area contributed by atoms with Crippen LogP contribution in [0.3, 0.4) is 0 Å². The van der Waals surface area contributed by atoms with E-state index in [1.54, 1.807) is 0 Å². The molecule has 0 bridgehead atoms. The van der Waals surface area contributed by atoms with Crippen LogP contribution in [0.25, 0.3) is 0 Å². The highest BCUT2D eigenvalue weighted by atomic mass is 19.4. The first kappa shape index (κ1) is 16.8. The van der Waals surface area contributed by atoms with Gasteiger partial charge >= 0.3 is 12.4 Å². The zero-order valence-electron chi connectivity index (χ0n) is 11.4. The molecule has 0 heterocycles. The van der Waals surface area contributed by atoms with Crippen molar-refractivity contribution in [1.82, 2.24) is 0 Å². The number of alkyl halides is 6. The topological polar surface area (TPSA) is 64.1 Å². The number of nitrogen functional groups attached to an aromatic ring is 2. The van der Waals surface area contributed by atoms with Gasteiger partial charge in [0.1, 0.15) is 0 Å². The second-order valence-corrected chi connectivity index (χ2v) is 4.73. The lowest BCUT2D eigenvalue weighted by Crippen LogP contribution is -2.13. The predicted octanol–water partition coefficient (Wildman–Crippen LogP) is 4.63. The van der Waals surface area contributed by atoms with Crippen molar-refractivity contribution in [1.29, 1.82) is 0 Å². The third-order valence-corrected chi connectivity index (χ3v) is 2.97. The summed E-state index contributed by atoms with van der Waals surface area (Å²) in [4.78, 5) is 0. The fourth-order valence-electron chi connectivity index (χ4n) is 1.96.